The lowest BCUT2D eigenvalue weighted by molar-refractivity contribution is 0.0952. The summed E-state index contributed by atoms with van der Waals surface area (Å²) >= 11 is 0. The molecule has 142 valence electrons. The van der Waals surface area contributed by atoms with Gasteiger partial charge in [0, 0.05) is 23.9 Å². The normalized spacial score (nSPS) is 10.2. The molecule has 0 saturated carbocycles. The van der Waals surface area contributed by atoms with Crippen molar-refractivity contribution in [1.29, 1.82) is 0 Å². The van der Waals surface area contributed by atoms with Crippen LogP contribution in [-0.4, -0.2) is 30.5 Å². The smallest absolute Gasteiger partial charge is 0.256 e. The Labute approximate surface area is 163 Å². The van der Waals surface area contributed by atoms with Gasteiger partial charge in [0.25, 0.3) is 11.8 Å². The molecule has 0 atom stereocenters. The molecule has 0 aliphatic carbocycles. The van der Waals surface area contributed by atoms with E-state index < -0.39 is 0 Å². The molecule has 0 saturated heterocycles. The van der Waals surface area contributed by atoms with Crippen molar-refractivity contribution in [3.8, 4) is 5.75 Å². The molecule has 2 N–H and O–H groups in total. The molecule has 1 aromatic heterocycles. The molecule has 2 aromatic carbocycles. The van der Waals surface area contributed by atoms with Crippen LogP contribution >= 0.6 is 0 Å². The highest BCUT2D eigenvalue weighted by molar-refractivity contribution is 6.04. The maximum Gasteiger partial charge on any atom is 0.256 e. The van der Waals surface area contributed by atoms with Gasteiger partial charge < -0.3 is 15.4 Å². The van der Waals surface area contributed by atoms with E-state index in [1.54, 1.807) is 43.5 Å². The molecule has 6 nitrogen and oxygen atoms in total. The molecule has 0 bridgehead atoms. The molecular formula is C22H21N3O3. The maximum atomic E-state index is 12.4. The van der Waals surface area contributed by atoms with E-state index in [0.29, 0.717) is 29.9 Å². The van der Waals surface area contributed by atoms with Gasteiger partial charge in [-0.3, -0.25) is 9.59 Å². The van der Waals surface area contributed by atoms with E-state index >= 15 is 0 Å². The zero-order valence-electron chi connectivity index (χ0n) is 15.5. The molecule has 3 rings (SSSR count). The second-order valence-corrected chi connectivity index (χ2v) is 6.10. The topological polar surface area (TPSA) is 80.3 Å². The number of nitrogens with one attached hydrogen (secondary N) is 2. The number of carbonyl (C=O) groups excluding carboxylic acids is 2. The summed E-state index contributed by atoms with van der Waals surface area (Å²) in [5, 5.41) is 5.58. The predicted octanol–water partition coefficient (Wildman–Crippen LogP) is 3.32. The molecule has 0 aliphatic heterocycles. The van der Waals surface area contributed by atoms with Gasteiger partial charge >= 0.3 is 0 Å². The summed E-state index contributed by atoms with van der Waals surface area (Å²) in [6, 6.07) is 19.7. The minimum Gasteiger partial charge on any atom is -0.497 e. The molecular weight excluding hydrogens is 354 g/mol. The van der Waals surface area contributed by atoms with E-state index in [0.717, 1.165) is 11.3 Å². The van der Waals surface area contributed by atoms with Gasteiger partial charge in [-0.1, -0.05) is 30.3 Å². The number of carbonyl (C=O) groups is 2. The minimum atomic E-state index is -0.273. The fraction of sp³-hybridized carbons (Fsp3) is 0.136. The molecule has 28 heavy (non-hydrogen) atoms. The first kappa shape index (κ1) is 19.1. The number of amides is 2. The highest BCUT2D eigenvalue weighted by Gasteiger charge is 2.10. The van der Waals surface area contributed by atoms with Crippen LogP contribution in [0.5, 0.6) is 5.75 Å². The number of hydrogen-bond acceptors (Lipinski definition) is 4. The number of aromatic nitrogens is 1. The quantitative estimate of drug-likeness (QED) is 0.664. The van der Waals surface area contributed by atoms with Crippen LogP contribution < -0.4 is 15.4 Å². The second-order valence-electron chi connectivity index (χ2n) is 6.10. The molecule has 6 heteroatoms. The molecule has 2 amide bonds. The Morgan fingerprint density at radius 3 is 2.39 bits per heavy atom. The van der Waals surface area contributed by atoms with Gasteiger partial charge in [-0.2, -0.15) is 0 Å². The largest absolute Gasteiger partial charge is 0.497 e. The maximum absolute atomic E-state index is 12.4. The van der Waals surface area contributed by atoms with E-state index in [1.165, 1.54) is 6.20 Å². The van der Waals surface area contributed by atoms with Crippen LogP contribution in [0.2, 0.25) is 0 Å². The van der Waals surface area contributed by atoms with Crippen LogP contribution in [0.1, 0.15) is 26.3 Å². The summed E-state index contributed by atoms with van der Waals surface area (Å²) in [4.78, 5) is 28.7. The first-order valence-corrected chi connectivity index (χ1v) is 8.89. The van der Waals surface area contributed by atoms with Gasteiger partial charge in [0.15, 0.2) is 0 Å². The molecule has 0 spiro atoms. The number of nitrogens with zero attached hydrogens (tertiary/aromatic N) is 1. The number of pyridine rings is 1. The Kier molecular flexibility index (Phi) is 6.36. The Morgan fingerprint density at radius 1 is 0.929 bits per heavy atom. The van der Waals surface area contributed by atoms with Gasteiger partial charge in [0.1, 0.15) is 11.6 Å². The van der Waals surface area contributed by atoms with Crippen LogP contribution in [0.3, 0.4) is 0 Å². The number of hydrogen-bond donors (Lipinski definition) is 2. The standard InChI is InChI=1S/C22H21N3O3/c1-28-19-9-7-16(8-10-19)11-13-24-21(26)18-12-14-23-20(15-18)25-22(27)17-5-3-2-4-6-17/h2-10,12,14-15H,11,13H2,1H3,(H,24,26)(H,23,25,27). The van der Waals surface area contributed by atoms with Gasteiger partial charge in [0.2, 0.25) is 0 Å². The van der Waals surface area contributed by atoms with Crippen molar-refractivity contribution < 1.29 is 14.3 Å². The first-order chi connectivity index (χ1) is 13.7. The lowest BCUT2D eigenvalue weighted by atomic mass is 10.1. The Morgan fingerprint density at radius 2 is 1.68 bits per heavy atom. The van der Waals surface area contributed by atoms with Gasteiger partial charge in [-0.15, -0.1) is 0 Å². The van der Waals surface area contributed by atoms with Crippen molar-refractivity contribution in [2.75, 3.05) is 19.0 Å². The van der Waals surface area contributed by atoms with Crippen LogP contribution in [0.25, 0.3) is 0 Å². The fourth-order valence-corrected chi connectivity index (χ4v) is 2.63. The number of methoxy groups -OCH3 is 1. The lowest BCUT2D eigenvalue weighted by Crippen LogP contribution is -2.26. The Hall–Kier alpha value is -3.67. The summed E-state index contributed by atoms with van der Waals surface area (Å²) in [6.45, 7) is 0.499. The predicted molar refractivity (Wildman–Crippen MR) is 108 cm³/mol. The fourth-order valence-electron chi connectivity index (χ4n) is 2.63. The summed E-state index contributed by atoms with van der Waals surface area (Å²) in [5.41, 5.74) is 2.07. The summed E-state index contributed by atoms with van der Waals surface area (Å²) in [7, 11) is 1.63. The van der Waals surface area contributed by atoms with E-state index in [4.69, 9.17) is 4.74 Å². The van der Waals surface area contributed by atoms with Gasteiger partial charge in [-0.25, -0.2) is 4.98 Å². The number of benzene rings is 2. The second kappa shape index (κ2) is 9.32. The van der Waals surface area contributed by atoms with Gasteiger partial charge in [-0.05, 0) is 48.4 Å². The van der Waals surface area contributed by atoms with Crippen LogP contribution in [0.15, 0.2) is 72.9 Å². The average molecular weight is 375 g/mol. The molecule has 0 aliphatic rings. The van der Waals surface area contributed by atoms with Crippen LogP contribution in [0, 0.1) is 0 Å². The monoisotopic (exact) mass is 375 g/mol. The van der Waals surface area contributed by atoms with E-state index in [9.17, 15) is 9.59 Å². The highest BCUT2D eigenvalue weighted by atomic mass is 16.5. The van der Waals surface area contributed by atoms with Crippen molar-refractivity contribution >= 4 is 17.6 Å². The zero-order chi connectivity index (χ0) is 19.8. The summed E-state index contributed by atoms with van der Waals surface area (Å²) in [5.74, 6) is 0.641. The van der Waals surface area contributed by atoms with Gasteiger partial charge in [0.05, 0.1) is 7.11 Å². The van der Waals surface area contributed by atoms with E-state index in [1.807, 2.05) is 30.3 Å². The number of rotatable bonds is 7. The van der Waals surface area contributed by atoms with Crippen molar-refractivity contribution in [2.45, 2.75) is 6.42 Å². The number of ether oxygens (including phenoxy) is 1. The van der Waals surface area contributed by atoms with Crippen molar-refractivity contribution in [3.05, 3.63) is 89.6 Å². The summed E-state index contributed by atoms with van der Waals surface area (Å²) in [6.07, 6.45) is 2.21. The van der Waals surface area contributed by atoms with E-state index in [2.05, 4.69) is 15.6 Å². The molecule has 3 aromatic rings. The lowest BCUT2D eigenvalue weighted by Gasteiger charge is -2.08. The van der Waals surface area contributed by atoms with E-state index in [-0.39, 0.29) is 11.8 Å². The molecule has 0 fully saturated rings. The van der Waals surface area contributed by atoms with Crippen molar-refractivity contribution in [2.24, 2.45) is 0 Å². The number of anilines is 1. The summed E-state index contributed by atoms with van der Waals surface area (Å²) < 4.78 is 5.13. The zero-order valence-corrected chi connectivity index (χ0v) is 15.5. The third-order valence-electron chi connectivity index (χ3n) is 4.16. The van der Waals surface area contributed by atoms with Crippen molar-refractivity contribution in [1.82, 2.24) is 10.3 Å². The first-order valence-electron chi connectivity index (χ1n) is 8.89. The minimum absolute atomic E-state index is 0.217. The van der Waals surface area contributed by atoms with Crippen molar-refractivity contribution in [3.63, 3.8) is 0 Å². The highest BCUT2D eigenvalue weighted by Crippen LogP contribution is 2.12. The van der Waals surface area contributed by atoms with Crippen LogP contribution in [0.4, 0.5) is 5.82 Å². The molecule has 0 radical (unpaired) electrons. The Bertz CT molecular complexity index is 941. The molecule has 0 unspecified atom stereocenters. The third kappa shape index (κ3) is 5.17. The third-order valence-corrected chi connectivity index (χ3v) is 4.16. The SMILES string of the molecule is COc1ccc(CCNC(=O)c2ccnc(NC(=O)c3ccccc3)c2)cc1. The Balaban J connectivity index is 1.55. The average Bonchev–Trinajstić information content (AvgIpc) is 2.75. The molecule has 1 heterocycles. The van der Waals surface area contributed by atoms with Crippen LogP contribution in [-0.2, 0) is 6.42 Å².